The summed E-state index contributed by atoms with van der Waals surface area (Å²) in [6, 6.07) is 39.7. The molecule has 5 atom stereocenters. The van der Waals surface area contributed by atoms with Crippen LogP contribution in [0.5, 0.6) is 0 Å². The first kappa shape index (κ1) is 42.1. The Morgan fingerprint density at radius 3 is 1.24 bits per heavy atom. The van der Waals surface area contributed by atoms with Crippen LogP contribution in [0.2, 0.25) is 0 Å². The number of hydrogen-bond acceptors (Lipinski definition) is 9. The number of benzene rings is 5. The molecule has 0 amide bonds. The number of hydrogen-bond donors (Lipinski definition) is 0. The van der Waals surface area contributed by atoms with Gasteiger partial charge in [-0.05, 0) is 0 Å². The predicted octanol–water partition coefficient (Wildman–Crippen LogP) is 6.22. The van der Waals surface area contributed by atoms with Gasteiger partial charge in [0.1, 0.15) is 0 Å². The molecule has 0 spiro atoms. The Morgan fingerprint density at radius 1 is 0.466 bits per heavy atom. The third kappa shape index (κ3) is 12.5. The molecule has 5 aromatic rings. The van der Waals surface area contributed by atoms with Crippen molar-refractivity contribution in [1.82, 2.24) is 0 Å². The molecular formula is C48H48O9Se. The Labute approximate surface area is 346 Å². The van der Waals surface area contributed by atoms with Gasteiger partial charge in [-0.1, -0.05) is 0 Å². The molecule has 1 saturated heterocycles. The van der Waals surface area contributed by atoms with Crippen LogP contribution >= 0.6 is 0 Å². The SMILES string of the molecule is Cc1ccc(CC(=O)OC[C@H]2O[C@@H]([Se]c3ccccc3)[C@H](OC(=O)Cc3ccc(C)cc3)[C@@H](OC(=O)Cc3ccc(C)cc3)[C@H]2OC(=O)Cc2ccc(C)cc2)cc1. The van der Waals surface area contributed by atoms with Gasteiger partial charge in [0.05, 0.1) is 0 Å². The summed E-state index contributed by atoms with van der Waals surface area (Å²) in [4.78, 5) is 54.8. The van der Waals surface area contributed by atoms with E-state index >= 15 is 0 Å². The van der Waals surface area contributed by atoms with Crippen LogP contribution in [0.3, 0.4) is 0 Å². The van der Waals surface area contributed by atoms with Crippen molar-refractivity contribution in [2.24, 2.45) is 0 Å². The van der Waals surface area contributed by atoms with Crippen LogP contribution in [0.25, 0.3) is 0 Å². The van der Waals surface area contributed by atoms with Crippen LogP contribution in [-0.4, -0.2) is 74.9 Å². The molecule has 0 saturated carbocycles. The van der Waals surface area contributed by atoms with Gasteiger partial charge >= 0.3 is 347 Å². The maximum absolute atomic E-state index is 13.9. The number of aryl methyl sites for hydroxylation is 4. The van der Waals surface area contributed by atoms with E-state index in [0.29, 0.717) is 5.56 Å². The third-order valence-corrected chi connectivity index (χ3v) is 12.1. The molecule has 58 heavy (non-hydrogen) atoms. The molecule has 1 aliphatic heterocycles. The van der Waals surface area contributed by atoms with Crippen LogP contribution in [0, 0.1) is 27.7 Å². The minimum atomic E-state index is -1.31. The molecule has 0 bridgehead atoms. The Balaban J connectivity index is 1.35. The van der Waals surface area contributed by atoms with Crippen molar-refractivity contribution in [3.8, 4) is 0 Å². The van der Waals surface area contributed by atoms with Gasteiger partial charge in [0, 0.05) is 0 Å². The number of carbonyl (C=O) groups is 4. The monoisotopic (exact) mass is 848 g/mol. The zero-order chi connectivity index (χ0) is 41.0. The number of carbonyl (C=O) groups excluding carboxylic acids is 4. The van der Waals surface area contributed by atoms with Gasteiger partial charge in [0.15, 0.2) is 0 Å². The summed E-state index contributed by atoms with van der Waals surface area (Å²) in [5, 5.41) is -0.832. The summed E-state index contributed by atoms with van der Waals surface area (Å²) in [6.07, 6.45) is -5.10. The summed E-state index contributed by atoms with van der Waals surface area (Å²) >= 11 is -0.515. The fourth-order valence-electron chi connectivity index (χ4n) is 6.44. The zero-order valence-electron chi connectivity index (χ0n) is 33.1. The minimum absolute atomic E-state index is 0.0104. The number of esters is 4. The molecule has 0 N–H and O–H groups in total. The van der Waals surface area contributed by atoms with Gasteiger partial charge in [-0.15, -0.1) is 0 Å². The van der Waals surface area contributed by atoms with Crippen molar-refractivity contribution in [1.29, 1.82) is 0 Å². The molecule has 6 rings (SSSR count). The molecule has 1 aliphatic rings. The summed E-state index contributed by atoms with van der Waals surface area (Å²) in [7, 11) is 0. The molecule has 9 nitrogen and oxygen atoms in total. The summed E-state index contributed by atoms with van der Waals surface area (Å²) in [6.45, 7) is 7.52. The Bertz CT molecular complexity index is 2130. The Kier molecular flexibility index (Phi) is 14.7. The summed E-state index contributed by atoms with van der Waals surface area (Å²) in [5.41, 5.74) is 7.12. The van der Waals surface area contributed by atoms with E-state index in [4.69, 9.17) is 23.7 Å². The van der Waals surface area contributed by atoms with Crippen molar-refractivity contribution >= 4 is 43.3 Å². The first-order chi connectivity index (χ1) is 28.0. The quantitative estimate of drug-likeness (QED) is 0.0689. The fraction of sp³-hybridized carbons (Fsp3) is 0.292. The van der Waals surface area contributed by atoms with E-state index in [-0.39, 0.29) is 32.3 Å². The van der Waals surface area contributed by atoms with Gasteiger partial charge in [0.25, 0.3) is 0 Å². The molecule has 5 aromatic carbocycles. The molecule has 1 fully saturated rings. The van der Waals surface area contributed by atoms with E-state index in [2.05, 4.69) is 0 Å². The molecule has 10 heteroatoms. The third-order valence-electron chi connectivity index (χ3n) is 9.67. The van der Waals surface area contributed by atoms with Crippen molar-refractivity contribution in [2.75, 3.05) is 6.61 Å². The van der Waals surface area contributed by atoms with Crippen LogP contribution in [0.15, 0.2) is 127 Å². The van der Waals surface area contributed by atoms with Gasteiger partial charge in [-0.25, -0.2) is 0 Å². The topological polar surface area (TPSA) is 114 Å². The van der Waals surface area contributed by atoms with Crippen molar-refractivity contribution in [2.45, 2.75) is 82.8 Å². The van der Waals surface area contributed by atoms with Crippen LogP contribution in [0.4, 0.5) is 0 Å². The molecule has 0 unspecified atom stereocenters. The van der Waals surface area contributed by atoms with E-state index in [9.17, 15) is 19.2 Å². The molecular weight excluding hydrogens is 799 g/mol. The van der Waals surface area contributed by atoms with Crippen LogP contribution in [0.1, 0.15) is 44.5 Å². The van der Waals surface area contributed by atoms with Crippen molar-refractivity contribution < 1.29 is 42.9 Å². The average Bonchev–Trinajstić information content (AvgIpc) is 3.20. The van der Waals surface area contributed by atoms with Gasteiger partial charge in [-0.2, -0.15) is 0 Å². The van der Waals surface area contributed by atoms with Gasteiger partial charge < -0.3 is 0 Å². The first-order valence-electron chi connectivity index (χ1n) is 19.3. The summed E-state index contributed by atoms with van der Waals surface area (Å²) in [5.74, 6) is -2.32. The normalized spacial score (nSPS) is 18.8. The molecule has 0 aliphatic carbocycles. The average molecular weight is 848 g/mol. The van der Waals surface area contributed by atoms with E-state index in [0.717, 1.165) is 43.4 Å². The molecule has 0 aromatic heterocycles. The molecule has 1 heterocycles. The van der Waals surface area contributed by atoms with Gasteiger partial charge in [-0.3, -0.25) is 0 Å². The summed E-state index contributed by atoms with van der Waals surface area (Å²) < 4.78 is 32.2. The van der Waals surface area contributed by atoms with E-state index in [1.54, 1.807) is 0 Å². The van der Waals surface area contributed by atoms with E-state index < -0.39 is 68.3 Å². The van der Waals surface area contributed by atoms with Crippen LogP contribution in [-0.2, 0) is 68.5 Å². The zero-order valence-corrected chi connectivity index (χ0v) is 34.8. The second-order valence-corrected chi connectivity index (χ2v) is 17.1. The second kappa shape index (κ2) is 20.2. The predicted molar refractivity (Wildman–Crippen MR) is 221 cm³/mol. The first-order valence-corrected chi connectivity index (χ1v) is 21.2. The van der Waals surface area contributed by atoms with Crippen molar-refractivity contribution in [3.63, 3.8) is 0 Å². The van der Waals surface area contributed by atoms with Crippen LogP contribution < -0.4 is 4.46 Å². The van der Waals surface area contributed by atoms with E-state index in [1.165, 1.54) is 0 Å². The fourth-order valence-corrected chi connectivity index (χ4v) is 8.80. The van der Waals surface area contributed by atoms with E-state index in [1.807, 2.05) is 155 Å². The van der Waals surface area contributed by atoms with Gasteiger partial charge in [0.2, 0.25) is 0 Å². The Hall–Kier alpha value is -5.54. The number of ether oxygens (including phenoxy) is 5. The Morgan fingerprint density at radius 2 is 0.828 bits per heavy atom. The standard InChI is InChI=1S/C48H48O9Se/c1-31-10-18-35(19-11-31)26-41(49)53-30-40-45(55-42(50)27-36-20-12-32(2)13-21-36)46(56-43(51)28-37-22-14-33(3)15-23-37)47(48(54-40)58-39-8-6-5-7-9-39)57-44(52)29-38-24-16-34(4)17-25-38/h5-25,40,45-48H,26-30H2,1-4H3/t40-,45+,46+,47-,48+/m1/s1. The number of rotatable bonds is 15. The molecule has 300 valence electrons. The second-order valence-electron chi connectivity index (χ2n) is 14.7. The maximum atomic E-state index is 13.9. The van der Waals surface area contributed by atoms with Crippen molar-refractivity contribution in [3.05, 3.63) is 172 Å². The molecule has 0 radical (unpaired) electrons.